The third-order valence-electron chi connectivity index (χ3n) is 3.80. The number of anilines is 1. The van der Waals surface area contributed by atoms with Gasteiger partial charge in [-0.3, -0.25) is 0 Å². The Bertz CT molecular complexity index is 864. The summed E-state index contributed by atoms with van der Waals surface area (Å²) in [4.78, 5) is 12.4. The predicted molar refractivity (Wildman–Crippen MR) is 91.0 cm³/mol. The van der Waals surface area contributed by atoms with E-state index in [1.165, 1.54) is 6.07 Å². The van der Waals surface area contributed by atoms with E-state index in [9.17, 15) is 13.2 Å². The van der Waals surface area contributed by atoms with E-state index >= 15 is 0 Å². The van der Waals surface area contributed by atoms with Gasteiger partial charge in [0.15, 0.2) is 9.84 Å². The highest BCUT2D eigenvalue weighted by atomic mass is 32.2. The van der Waals surface area contributed by atoms with Crippen molar-refractivity contribution in [2.75, 3.05) is 18.2 Å². The van der Waals surface area contributed by atoms with Gasteiger partial charge in [-0.05, 0) is 18.2 Å². The lowest BCUT2D eigenvalue weighted by atomic mass is 10.0. The molecule has 1 aliphatic rings. The van der Waals surface area contributed by atoms with Gasteiger partial charge in [0.25, 0.3) is 0 Å². The quantitative estimate of drug-likeness (QED) is 0.895. The summed E-state index contributed by atoms with van der Waals surface area (Å²) in [5.74, 6) is 0.755. The molecule has 1 atom stereocenters. The SMILES string of the molecule is CS(=O)(=O)c1ccccc1NC(=O)N[C@H]1CCOc2ccccc21. The molecule has 0 unspecified atom stereocenters. The van der Waals surface area contributed by atoms with Crippen LogP contribution in [0.5, 0.6) is 5.75 Å². The highest BCUT2D eigenvalue weighted by Gasteiger charge is 2.23. The van der Waals surface area contributed by atoms with Gasteiger partial charge in [-0.2, -0.15) is 0 Å². The number of fused-ring (bicyclic) bond motifs is 1. The lowest BCUT2D eigenvalue weighted by molar-refractivity contribution is 0.232. The monoisotopic (exact) mass is 346 g/mol. The molecule has 0 radical (unpaired) electrons. The predicted octanol–water partition coefficient (Wildman–Crippen LogP) is 2.74. The number of hydrogen-bond acceptors (Lipinski definition) is 4. The fourth-order valence-corrected chi connectivity index (χ4v) is 3.55. The summed E-state index contributed by atoms with van der Waals surface area (Å²) < 4.78 is 29.2. The van der Waals surface area contributed by atoms with Crippen molar-refractivity contribution in [2.24, 2.45) is 0 Å². The number of sulfone groups is 1. The number of carbonyl (C=O) groups excluding carboxylic acids is 1. The average Bonchev–Trinajstić information content (AvgIpc) is 2.54. The van der Waals surface area contributed by atoms with E-state index in [1.54, 1.807) is 18.2 Å². The van der Waals surface area contributed by atoms with Gasteiger partial charge in [0.1, 0.15) is 5.75 Å². The van der Waals surface area contributed by atoms with Crippen molar-refractivity contribution in [1.82, 2.24) is 5.32 Å². The Morgan fingerprint density at radius 2 is 1.83 bits per heavy atom. The van der Waals surface area contributed by atoms with Crippen molar-refractivity contribution in [3.8, 4) is 5.75 Å². The minimum absolute atomic E-state index is 0.0903. The number of nitrogens with one attached hydrogen (secondary N) is 2. The average molecular weight is 346 g/mol. The number of ether oxygens (including phenoxy) is 1. The van der Waals surface area contributed by atoms with Gasteiger partial charge < -0.3 is 15.4 Å². The zero-order chi connectivity index (χ0) is 17.2. The molecule has 126 valence electrons. The molecule has 6 nitrogen and oxygen atoms in total. The minimum atomic E-state index is -3.42. The number of benzene rings is 2. The van der Waals surface area contributed by atoms with E-state index in [1.807, 2.05) is 24.3 Å². The molecule has 24 heavy (non-hydrogen) atoms. The summed E-state index contributed by atoms with van der Waals surface area (Å²) in [6, 6.07) is 13.2. The van der Waals surface area contributed by atoms with Crippen LogP contribution < -0.4 is 15.4 Å². The van der Waals surface area contributed by atoms with Crippen molar-refractivity contribution in [1.29, 1.82) is 0 Å². The molecule has 7 heteroatoms. The van der Waals surface area contributed by atoms with Crippen molar-refractivity contribution in [3.63, 3.8) is 0 Å². The summed E-state index contributed by atoms with van der Waals surface area (Å²) in [6.45, 7) is 0.516. The number of carbonyl (C=O) groups is 1. The van der Waals surface area contributed by atoms with Crippen LogP contribution in [0.3, 0.4) is 0 Å². The normalized spacial score (nSPS) is 16.6. The summed E-state index contributed by atoms with van der Waals surface area (Å²) in [6.07, 6.45) is 1.76. The molecule has 0 aromatic heterocycles. The number of urea groups is 1. The fraction of sp³-hybridized carbons (Fsp3) is 0.235. The Morgan fingerprint density at radius 3 is 2.62 bits per heavy atom. The Balaban J connectivity index is 1.77. The maximum Gasteiger partial charge on any atom is 0.319 e. The van der Waals surface area contributed by atoms with Gasteiger partial charge in [-0.1, -0.05) is 30.3 Å². The summed E-state index contributed by atoms with van der Waals surface area (Å²) in [5, 5.41) is 5.50. The first-order chi connectivity index (χ1) is 11.4. The molecular weight excluding hydrogens is 328 g/mol. The molecular formula is C17H18N2O4S. The van der Waals surface area contributed by atoms with Crippen LogP contribution in [-0.4, -0.2) is 27.3 Å². The van der Waals surface area contributed by atoms with Crippen LogP contribution in [0.1, 0.15) is 18.0 Å². The largest absolute Gasteiger partial charge is 0.493 e. The van der Waals surface area contributed by atoms with E-state index < -0.39 is 15.9 Å². The van der Waals surface area contributed by atoms with E-state index in [2.05, 4.69) is 10.6 Å². The molecule has 0 fully saturated rings. The van der Waals surface area contributed by atoms with Crippen LogP contribution >= 0.6 is 0 Å². The zero-order valence-electron chi connectivity index (χ0n) is 13.2. The van der Waals surface area contributed by atoms with E-state index in [0.29, 0.717) is 13.0 Å². The first-order valence-electron chi connectivity index (χ1n) is 7.53. The van der Waals surface area contributed by atoms with Crippen molar-refractivity contribution in [3.05, 3.63) is 54.1 Å². The van der Waals surface area contributed by atoms with Gasteiger partial charge in [-0.25, -0.2) is 13.2 Å². The molecule has 0 bridgehead atoms. The summed E-state index contributed by atoms with van der Waals surface area (Å²) in [7, 11) is -3.42. The maximum absolute atomic E-state index is 12.3. The number of amides is 2. The van der Waals surface area contributed by atoms with Crippen LogP contribution in [0.2, 0.25) is 0 Å². The van der Waals surface area contributed by atoms with Crippen LogP contribution in [0.15, 0.2) is 53.4 Å². The van der Waals surface area contributed by atoms with Crippen LogP contribution in [0.4, 0.5) is 10.5 Å². The second-order valence-electron chi connectivity index (χ2n) is 5.59. The summed E-state index contributed by atoms with van der Waals surface area (Å²) >= 11 is 0. The maximum atomic E-state index is 12.3. The van der Waals surface area contributed by atoms with Gasteiger partial charge in [-0.15, -0.1) is 0 Å². The van der Waals surface area contributed by atoms with Crippen LogP contribution in [0.25, 0.3) is 0 Å². The van der Waals surface area contributed by atoms with Gasteiger partial charge in [0.2, 0.25) is 0 Å². The Kier molecular flexibility index (Phi) is 4.44. The van der Waals surface area contributed by atoms with Crippen LogP contribution in [0, 0.1) is 0 Å². The van der Waals surface area contributed by atoms with E-state index in [-0.39, 0.29) is 16.6 Å². The van der Waals surface area contributed by atoms with Crippen molar-refractivity contribution < 1.29 is 17.9 Å². The van der Waals surface area contributed by atoms with E-state index in [0.717, 1.165) is 17.6 Å². The number of rotatable bonds is 3. The third kappa shape index (κ3) is 3.51. The molecule has 1 heterocycles. The standard InChI is InChI=1S/C17H18N2O4S/c1-24(21,22)16-9-5-3-7-14(16)19-17(20)18-13-10-11-23-15-8-4-2-6-12(13)15/h2-9,13H,10-11H2,1H3,(H2,18,19,20)/t13-/m0/s1. The molecule has 1 aliphatic heterocycles. The first kappa shape index (κ1) is 16.3. The molecule has 2 amide bonds. The summed E-state index contributed by atoms with van der Waals surface area (Å²) in [5.41, 5.74) is 1.17. The highest BCUT2D eigenvalue weighted by molar-refractivity contribution is 7.90. The Labute approximate surface area is 140 Å². The van der Waals surface area contributed by atoms with Crippen molar-refractivity contribution in [2.45, 2.75) is 17.4 Å². The molecule has 0 spiro atoms. The van der Waals surface area contributed by atoms with Gasteiger partial charge in [0.05, 0.1) is 23.2 Å². The van der Waals surface area contributed by atoms with Crippen molar-refractivity contribution >= 4 is 21.6 Å². The molecule has 0 aliphatic carbocycles. The Morgan fingerprint density at radius 1 is 1.12 bits per heavy atom. The molecule has 2 aromatic rings. The van der Waals surface area contributed by atoms with E-state index in [4.69, 9.17) is 4.74 Å². The highest BCUT2D eigenvalue weighted by Crippen LogP contribution is 2.31. The zero-order valence-corrected chi connectivity index (χ0v) is 14.0. The topological polar surface area (TPSA) is 84.5 Å². The first-order valence-corrected chi connectivity index (χ1v) is 9.42. The number of para-hydroxylation sites is 2. The fourth-order valence-electron chi connectivity index (χ4n) is 2.70. The lowest BCUT2D eigenvalue weighted by Gasteiger charge is -2.26. The molecule has 0 saturated heterocycles. The molecule has 0 saturated carbocycles. The Hall–Kier alpha value is -2.54. The second kappa shape index (κ2) is 6.52. The smallest absolute Gasteiger partial charge is 0.319 e. The van der Waals surface area contributed by atoms with Crippen LogP contribution in [-0.2, 0) is 9.84 Å². The van der Waals surface area contributed by atoms with Gasteiger partial charge >= 0.3 is 6.03 Å². The molecule has 3 rings (SSSR count). The molecule has 2 N–H and O–H groups in total. The lowest BCUT2D eigenvalue weighted by Crippen LogP contribution is -2.35. The number of hydrogen-bond donors (Lipinski definition) is 2. The van der Waals surface area contributed by atoms with Gasteiger partial charge in [0, 0.05) is 18.2 Å². The molecule has 2 aromatic carbocycles. The second-order valence-corrected chi connectivity index (χ2v) is 7.58. The minimum Gasteiger partial charge on any atom is -0.493 e. The third-order valence-corrected chi connectivity index (χ3v) is 4.95.